The molecule has 1 saturated heterocycles. The van der Waals surface area contributed by atoms with Crippen molar-refractivity contribution in [1.82, 2.24) is 9.88 Å². The van der Waals surface area contributed by atoms with Crippen molar-refractivity contribution in [2.24, 2.45) is 0 Å². The van der Waals surface area contributed by atoms with Crippen LogP contribution in [0.25, 0.3) is 0 Å². The Kier molecular flexibility index (Phi) is 4.49. The van der Waals surface area contributed by atoms with Crippen molar-refractivity contribution in [3.05, 3.63) is 23.9 Å². The maximum absolute atomic E-state index is 12.4. The van der Waals surface area contributed by atoms with Gasteiger partial charge in [0.05, 0.1) is 5.56 Å². The second-order valence-electron chi connectivity index (χ2n) is 4.43. The van der Waals surface area contributed by atoms with E-state index in [1.807, 2.05) is 4.90 Å². The molecule has 1 aliphatic heterocycles. The Bertz CT molecular complexity index is 458. The number of carbonyl (C=O) groups is 1. The van der Waals surface area contributed by atoms with E-state index in [1.165, 1.54) is 6.07 Å². The Hall–Kier alpha value is -1.34. The third-order valence-electron chi connectivity index (χ3n) is 3.17. The summed E-state index contributed by atoms with van der Waals surface area (Å²) in [5, 5.41) is 0. The normalized spacial score (nSPS) is 18.9. The third-order valence-corrected chi connectivity index (χ3v) is 3.55. The van der Waals surface area contributed by atoms with Gasteiger partial charge in [-0.3, -0.25) is 4.90 Å². The number of aromatic nitrogens is 1. The van der Waals surface area contributed by atoms with E-state index >= 15 is 0 Å². The van der Waals surface area contributed by atoms with Crippen LogP contribution in [-0.2, 0) is 11.0 Å². The summed E-state index contributed by atoms with van der Waals surface area (Å²) in [6.45, 7) is 2.26. The molecule has 1 aromatic rings. The van der Waals surface area contributed by atoms with Gasteiger partial charge in [0.1, 0.15) is 11.3 Å². The van der Waals surface area contributed by atoms with Crippen molar-refractivity contribution >= 4 is 23.7 Å². The second-order valence-corrected chi connectivity index (χ2v) is 4.88. The smallest absolute Gasteiger partial charge is 0.354 e. The molecule has 20 heavy (non-hydrogen) atoms. The summed E-state index contributed by atoms with van der Waals surface area (Å²) < 4.78 is 37.3. The van der Waals surface area contributed by atoms with Gasteiger partial charge < -0.3 is 9.69 Å². The lowest BCUT2D eigenvalue weighted by atomic mass is 10.2. The number of carbonyl (C=O) groups excluding carboxylic acids is 1. The monoisotopic (exact) mass is 307 g/mol. The van der Waals surface area contributed by atoms with Crippen molar-refractivity contribution in [2.75, 3.05) is 31.1 Å². The molecule has 0 saturated carbocycles. The van der Waals surface area contributed by atoms with E-state index in [4.69, 9.17) is 11.6 Å². The average molecular weight is 308 g/mol. The fourth-order valence-electron chi connectivity index (χ4n) is 2.02. The SMILES string of the molecule is O=CC(Cl)N1CCN(c2ccc(C(F)(F)F)cn2)CC1. The van der Waals surface area contributed by atoms with Crippen LogP contribution in [0, 0.1) is 0 Å². The maximum atomic E-state index is 12.4. The zero-order valence-corrected chi connectivity index (χ0v) is 11.2. The molecule has 0 aromatic carbocycles. The minimum atomic E-state index is -4.37. The number of hydrogen-bond acceptors (Lipinski definition) is 4. The topological polar surface area (TPSA) is 36.4 Å². The zero-order valence-electron chi connectivity index (χ0n) is 10.5. The van der Waals surface area contributed by atoms with Crippen LogP contribution in [0.5, 0.6) is 0 Å². The molecular formula is C12H13ClF3N3O. The Labute approximate surface area is 119 Å². The van der Waals surface area contributed by atoms with Gasteiger partial charge in [-0.15, -0.1) is 0 Å². The number of rotatable bonds is 3. The molecule has 1 aromatic heterocycles. The number of alkyl halides is 4. The lowest BCUT2D eigenvalue weighted by Crippen LogP contribution is -2.49. The first kappa shape index (κ1) is 15.1. The summed E-state index contributed by atoms with van der Waals surface area (Å²) >= 11 is 5.81. The van der Waals surface area contributed by atoms with E-state index in [1.54, 1.807) is 4.90 Å². The fourth-order valence-corrected chi connectivity index (χ4v) is 2.22. The Morgan fingerprint density at radius 1 is 1.25 bits per heavy atom. The summed E-state index contributed by atoms with van der Waals surface area (Å²) in [5.41, 5.74) is -1.42. The van der Waals surface area contributed by atoms with Crippen LogP contribution in [-0.4, -0.2) is 47.9 Å². The molecule has 8 heteroatoms. The fraction of sp³-hybridized carbons (Fsp3) is 0.500. The minimum absolute atomic E-state index is 0.495. The molecular weight excluding hydrogens is 295 g/mol. The van der Waals surface area contributed by atoms with Gasteiger partial charge in [0, 0.05) is 32.4 Å². The molecule has 0 amide bonds. The molecule has 0 bridgehead atoms. The van der Waals surface area contributed by atoms with Gasteiger partial charge in [-0.2, -0.15) is 13.2 Å². The average Bonchev–Trinajstić information content (AvgIpc) is 2.46. The predicted molar refractivity (Wildman–Crippen MR) is 68.7 cm³/mol. The Morgan fingerprint density at radius 3 is 2.35 bits per heavy atom. The van der Waals surface area contributed by atoms with E-state index in [0.717, 1.165) is 12.3 Å². The van der Waals surface area contributed by atoms with Crippen LogP contribution in [0.2, 0.25) is 0 Å². The van der Waals surface area contributed by atoms with Crippen molar-refractivity contribution in [2.45, 2.75) is 11.7 Å². The highest BCUT2D eigenvalue weighted by atomic mass is 35.5. The molecule has 4 nitrogen and oxygen atoms in total. The van der Waals surface area contributed by atoms with E-state index in [2.05, 4.69) is 4.98 Å². The van der Waals surface area contributed by atoms with Crippen molar-refractivity contribution < 1.29 is 18.0 Å². The van der Waals surface area contributed by atoms with E-state index < -0.39 is 17.2 Å². The van der Waals surface area contributed by atoms with Gasteiger partial charge in [-0.25, -0.2) is 4.98 Å². The first-order valence-electron chi connectivity index (χ1n) is 6.03. The lowest BCUT2D eigenvalue weighted by Gasteiger charge is -2.36. The summed E-state index contributed by atoms with van der Waals surface area (Å²) in [7, 11) is 0. The van der Waals surface area contributed by atoms with Crippen molar-refractivity contribution in [3.8, 4) is 0 Å². The highest BCUT2D eigenvalue weighted by molar-refractivity contribution is 6.27. The van der Waals surface area contributed by atoms with Crippen LogP contribution in [0.1, 0.15) is 5.56 Å². The highest BCUT2D eigenvalue weighted by Gasteiger charge is 2.31. The van der Waals surface area contributed by atoms with Gasteiger partial charge in [-0.05, 0) is 12.1 Å². The molecule has 0 aliphatic carbocycles. The van der Waals surface area contributed by atoms with Gasteiger partial charge in [-0.1, -0.05) is 11.6 Å². The molecule has 1 aliphatic rings. The van der Waals surface area contributed by atoms with Crippen LogP contribution < -0.4 is 4.90 Å². The molecule has 110 valence electrons. The number of aldehydes is 1. The summed E-state index contributed by atoms with van der Waals surface area (Å²) in [6.07, 6.45) is -2.88. The summed E-state index contributed by atoms with van der Waals surface area (Å²) in [6, 6.07) is 2.38. The van der Waals surface area contributed by atoms with Crippen LogP contribution >= 0.6 is 11.6 Å². The minimum Gasteiger partial charge on any atom is -0.354 e. The standard InChI is InChI=1S/C12H13ClF3N3O/c13-10(8-20)18-3-5-19(6-4-18)11-2-1-9(7-17-11)12(14,15)16/h1-2,7-8,10H,3-6H2. The molecule has 1 fully saturated rings. The molecule has 0 N–H and O–H groups in total. The predicted octanol–water partition coefficient (Wildman–Crippen LogP) is 1.99. The van der Waals surface area contributed by atoms with Gasteiger partial charge >= 0.3 is 6.18 Å². The number of halogens is 4. The van der Waals surface area contributed by atoms with E-state index in [0.29, 0.717) is 38.3 Å². The first-order valence-corrected chi connectivity index (χ1v) is 6.47. The van der Waals surface area contributed by atoms with Gasteiger partial charge in [0.25, 0.3) is 0 Å². The van der Waals surface area contributed by atoms with Crippen LogP contribution in [0.3, 0.4) is 0 Å². The maximum Gasteiger partial charge on any atom is 0.417 e. The Balaban J connectivity index is 1.99. The second kappa shape index (κ2) is 5.97. The Morgan fingerprint density at radius 2 is 1.90 bits per heavy atom. The molecule has 0 spiro atoms. The van der Waals surface area contributed by atoms with Gasteiger partial charge in [0.2, 0.25) is 0 Å². The number of hydrogen-bond donors (Lipinski definition) is 0. The largest absolute Gasteiger partial charge is 0.417 e. The first-order chi connectivity index (χ1) is 9.41. The van der Waals surface area contributed by atoms with Crippen LogP contribution in [0.4, 0.5) is 19.0 Å². The number of anilines is 1. The van der Waals surface area contributed by atoms with Crippen molar-refractivity contribution in [1.29, 1.82) is 0 Å². The van der Waals surface area contributed by atoms with E-state index in [9.17, 15) is 18.0 Å². The molecule has 1 unspecified atom stereocenters. The number of nitrogens with zero attached hydrogens (tertiary/aromatic N) is 3. The molecule has 0 radical (unpaired) electrons. The lowest BCUT2D eigenvalue weighted by molar-refractivity contribution is -0.137. The molecule has 2 rings (SSSR count). The van der Waals surface area contributed by atoms with E-state index in [-0.39, 0.29) is 0 Å². The number of pyridine rings is 1. The van der Waals surface area contributed by atoms with Gasteiger partial charge in [0.15, 0.2) is 6.29 Å². The quantitative estimate of drug-likeness (QED) is 0.486. The molecule has 1 atom stereocenters. The number of piperazine rings is 1. The molecule has 2 heterocycles. The highest BCUT2D eigenvalue weighted by Crippen LogP contribution is 2.29. The summed E-state index contributed by atoms with van der Waals surface area (Å²) in [4.78, 5) is 18.1. The zero-order chi connectivity index (χ0) is 14.8. The summed E-state index contributed by atoms with van der Waals surface area (Å²) in [5.74, 6) is 0.495. The third kappa shape index (κ3) is 3.40. The van der Waals surface area contributed by atoms with Crippen molar-refractivity contribution in [3.63, 3.8) is 0 Å². The van der Waals surface area contributed by atoms with Crippen LogP contribution in [0.15, 0.2) is 18.3 Å².